The van der Waals surface area contributed by atoms with Crippen molar-refractivity contribution in [1.82, 2.24) is 0 Å². The maximum atomic E-state index is 12.5. The van der Waals surface area contributed by atoms with Gasteiger partial charge in [0.05, 0.1) is 5.56 Å². The number of carbonyl (C=O) groups is 1. The van der Waals surface area contributed by atoms with Gasteiger partial charge in [0, 0.05) is 9.35 Å². The molecule has 6 heteroatoms. The molecule has 0 aliphatic heterocycles. The van der Waals surface area contributed by atoms with Crippen molar-refractivity contribution in [2.75, 3.05) is 5.32 Å². The van der Waals surface area contributed by atoms with Crippen LogP contribution in [-0.2, 0) is 17.6 Å². The van der Waals surface area contributed by atoms with Crippen LogP contribution in [0.1, 0.15) is 34.4 Å². The summed E-state index contributed by atoms with van der Waals surface area (Å²) >= 11 is 4.82. The topological polar surface area (TPSA) is 76.7 Å². The Balaban J connectivity index is 1.88. The summed E-state index contributed by atoms with van der Waals surface area (Å²) < 4.78 is 0.872. The van der Waals surface area contributed by atoms with E-state index in [2.05, 4.69) is 27.3 Å². The molecule has 0 bridgehead atoms. The van der Waals surface area contributed by atoms with Crippen LogP contribution in [0.15, 0.2) is 34.3 Å². The van der Waals surface area contributed by atoms with Crippen molar-refractivity contribution in [2.24, 2.45) is 0 Å². The van der Waals surface area contributed by atoms with Crippen LogP contribution in [0.5, 0.6) is 0 Å². The summed E-state index contributed by atoms with van der Waals surface area (Å²) in [6.07, 6.45) is 5.54. The standard InChI is InChI=1S/C19H14BrN3OS/c20-14-5-3-4-12(9-14)8-13(10-21)18(24)23-19-16(11-22)15-6-1-2-7-17(15)25-19/h3-5,8-9H,1-2,6-7H2,(H,23,24)/b13-8+. The Morgan fingerprint density at radius 2 is 2.08 bits per heavy atom. The van der Waals surface area contributed by atoms with Crippen molar-refractivity contribution in [3.8, 4) is 12.1 Å². The van der Waals surface area contributed by atoms with Gasteiger partial charge in [0.2, 0.25) is 0 Å². The van der Waals surface area contributed by atoms with Crippen molar-refractivity contribution in [1.29, 1.82) is 10.5 Å². The van der Waals surface area contributed by atoms with Gasteiger partial charge in [0.25, 0.3) is 5.91 Å². The largest absolute Gasteiger partial charge is 0.312 e. The average Bonchev–Trinajstić information content (AvgIpc) is 2.96. The maximum absolute atomic E-state index is 12.5. The van der Waals surface area contributed by atoms with Crippen molar-refractivity contribution < 1.29 is 4.79 Å². The molecule has 1 N–H and O–H groups in total. The van der Waals surface area contributed by atoms with E-state index in [1.54, 1.807) is 6.08 Å². The third-order valence-corrected chi connectivity index (χ3v) is 5.74. The molecule has 1 aromatic heterocycles. The minimum Gasteiger partial charge on any atom is -0.312 e. The first-order valence-electron chi connectivity index (χ1n) is 7.85. The van der Waals surface area contributed by atoms with Gasteiger partial charge in [-0.1, -0.05) is 28.1 Å². The zero-order valence-corrected chi connectivity index (χ0v) is 15.7. The number of benzene rings is 1. The molecule has 0 atom stereocenters. The molecule has 1 aromatic carbocycles. The van der Waals surface area contributed by atoms with Gasteiger partial charge in [-0.05, 0) is 55.0 Å². The number of anilines is 1. The lowest BCUT2D eigenvalue weighted by Gasteiger charge is -2.09. The molecule has 0 saturated heterocycles. The quantitative estimate of drug-likeness (QED) is 0.581. The summed E-state index contributed by atoms with van der Waals surface area (Å²) in [5.74, 6) is -0.488. The molecule has 1 aliphatic carbocycles. The molecule has 0 saturated carbocycles. The number of amides is 1. The number of nitriles is 2. The molecule has 0 unspecified atom stereocenters. The fraction of sp³-hybridized carbons (Fsp3) is 0.211. The predicted octanol–water partition coefficient (Wildman–Crippen LogP) is 4.81. The summed E-state index contributed by atoms with van der Waals surface area (Å²) in [5.41, 5.74) is 2.37. The second kappa shape index (κ2) is 7.65. The summed E-state index contributed by atoms with van der Waals surface area (Å²) in [6, 6.07) is 11.5. The van der Waals surface area contributed by atoms with E-state index in [1.165, 1.54) is 16.2 Å². The molecule has 124 valence electrons. The SMILES string of the molecule is N#C/C(=C\c1cccc(Br)c1)C(=O)Nc1sc2c(c1C#N)CCCC2. The van der Waals surface area contributed by atoms with Gasteiger partial charge in [0.15, 0.2) is 0 Å². The van der Waals surface area contributed by atoms with Gasteiger partial charge in [0.1, 0.15) is 22.7 Å². The van der Waals surface area contributed by atoms with E-state index in [1.807, 2.05) is 30.3 Å². The Bertz CT molecular complexity index is 947. The van der Waals surface area contributed by atoms with Crippen molar-refractivity contribution >= 4 is 44.3 Å². The van der Waals surface area contributed by atoms with Gasteiger partial charge in [-0.25, -0.2) is 0 Å². The number of halogens is 1. The van der Waals surface area contributed by atoms with Crippen LogP contribution in [0, 0.1) is 22.7 Å². The third kappa shape index (κ3) is 3.82. The lowest BCUT2D eigenvalue weighted by Crippen LogP contribution is -2.13. The second-order valence-electron chi connectivity index (χ2n) is 5.71. The van der Waals surface area contributed by atoms with E-state index in [0.717, 1.165) is 41.3 Å². The van der Waals surface area contributed by atoms with E-state index in [-0.39, 0.29) is 5.57 Å². The molecule has 2 aromatic rings. The van der Waals surface area contributed by atoms with Crippen molar-refractivity contribution in [3.63, 3.8) is 0 Å². The Labute approximate surface area is 158 Å². The van der Waals surface area contributed by atoms with Crippen molar-refractivity contribution in [2.45, 2.75) is 25.7 Å². The van der Waals surface area contributed by atoms with Crippen LogP contribution in [0.4, 0.5) is 5.00 Å². The summed E-state index contributed by atoms with van der Waals surface area (Å²) in [7, 11) is 0. The second-order valence-corrected chi connectivity index (χ2v) is 7.73. The summed E-state index contributed by atoms with van der Waals surface area (Å²) in [6.45, 7) is 0. The van der Waals surface area contributed by atoms with E-state index in [4.69, 9.17) is 0 Å². The fourth-order valence-corrected chi connectivity index (χ4v) is 4.51. The Morgan fingerprint density at radius 1 is 1.28 bits per heavy atom. The number of thiophene rings is 1. The van der Waals surface area contributed by atoms with Gasteiger partial charge in [-0.3, -0.25) is 4.79 Å². The van der Waals surface area contributed by atoms with E-state index < -0.39 is 5.91 Å². The normalized spacial score (nSPS) is 13.5. The minimum absolute atomic E-state index is 0.00774. The molecular formula is C19H14BrN3OS. The number of fused-ring (bicyclic) bond motifs is 1. The molecule has 0 radical (unpaired) electrons. The molecule has 0 spiro atoms. The lowest BCUT2D eigenvalue weighted by molar-refractivity contribution is -0.112. The van der Waals surface area contributed by atoms with E-state index in [0.29, 0.717) is 10.6 Å². The monoisotopic (exact) mass is 411 g/mol. The van der Waals surface area contributed by atoms with E-state index >= 15 is 0 Å². The molecular weight excluding hydrogens is 398 g/mol. The van der Waals surface area contributed by atoms with Crippen LogP contribution >= 0.6 is 27.3 Å². The predicted molar refractivity (Wildman–Crippen MR) is 102 cm³/mol. The van der Waals surface area contributed by atoms with Gasteiger partial charge < -0.3 is 5.32 Å². The van der Waals surface area contributed by atoms with E-state index in [9.17, 15) is 15.3 Å². The van der Waals surface area contributed by atoms with Gasteiger partial charge in [-0.2, -0.15) is 10.5 Å². The van der Waals surface area contributed by atoms with Crippen LogP contribution in [0.3, 0.4) is 0 Å². The summed E-state index contributed by atoms with van der Waals surface area (Å²) in [4.78, 5) is 13.7. The molecule has 3 rings (SSSR count). The first-order chi connectivity index (χ1) is 12.1. The number of hydrogen-bond donors (Lipinski definition) is 1. The van der Waals surface area contributed by atoms with Crippen LogP contribution in [0.25, 0.3) is 6.08 Å². The van der Waals surface area contributed by atoms with Crippen molar-refractivity contribution in [3.05, 3.63) is 55.9 Å². The maximum Gasteiger partial charge on any atom is 0.266 e. The smallest absolute Gasteiger partial charge is 0.266 e. The number of nitrogens with one attached hydrogen (secondary N) is 1. The third-order valence-electron chi connectivity index (χ3n) is 4.03. The minimum atomic E-state index is -0.488. The Hall–Kier alpha value is -2.41. The first-order valence-corrected chi connectivity index (χ1v) is 9.46. The summed E-state index contributed by atoms with van der Waals surface area (Å²) in [5, 5.41) is 22.1. The van der Waals surface area contributed by atoms with Crippen LogP contribution in [-0.4, -0.2) is 5.91 Å². The molecule has 1 heterocycles. The molecule has 1 amide bonds. The molecule has 1 aliphatic rings. The molecule has 0 fully saturated rings. The van der Waals surface area contributed by atoms with Gasteiger partial charge in [-0.15, -0.1) is 11.3 Å². The number of aryl methyl sites for hydroxylation is 1. The zero-order valence-electron chi connectivity index (χ0n) is 13.3. The highest BCUT2D eigenvalue weighted by atomic mass is 79.9. The lowest BCUT2D eigenvalue weighted by atomic mass is 9.96. The fourth-order valence-electron chi connectivity index (χ4n) is 2.85. The number of nitrogens with zero attached hydrogens (tertiary/aromatic N) is 2. The molecule has 25 heavy (non-hydrogen) atoms. The highest BCUT2D eigenvalue weighted by molar-refractivity contribution is 9.10. The number of hydrogen-bond acceptors (Lipinski definition) is 4. The Morgan fingerprint density at radius 3 is 2.80 bits per heavy atom. The number of carbonyl (C=O) groups excluding carboxylic acids is 1. The van der Waals surface area contributed by atoms with Crippen LogP contribution in [0.2, 0.25) is 0 Å². The highest BCUT2D eigenvalue weighted by Gasteiger charge is 2.22. The average molecular weight is 412 g/mol. The Kier molecular flexibility index (Phi) is 5.33. The zero-order chi connectivity index (χ0) is 17.8. The molecule has 4 nitrogen and oxygen atoms in total. The first kappa shape index (κ1) is 17.4. The number of rotatable bonds is 3. The van der Waals surface area contributed by atoms with Gasteiger partial charge >= 0.3 is 0 Å². The van der Waals surface area contributed by atoms with Crippen LogP contribution < -0.4 is 5.32 Å². The highest BCUT2D eigenvalue weighted by Crippen LogP contribution is 2.37.